The first-order valence-corrected chi connectivity index (χ1v) is 5.12. The van der Waals surface area contributed by atoms with Crippen LogP contribution in [0.3, 0.4) is 0 Å². The Morgan fingerprint density at radius 3 is 2.86 bits per heavy atom. The van der Waals surface area contributed by atoms with Crippen LogP contribution in [0.25, 0.3) is 10.6 Å². The largest absolute Gasteiger partial charge is 0.497 e. The number of hydrogen-bond donors (Lipinski definition) is 0. The molecule has 0 bridgehead atoms. The van der Waals surface area contributed by atoms with Crippen molar-refractivity contribution < 1.29 is 4.74 Å². The van der Waals surface area contributed by atoms with E-state index in [0.717, 1.165) is 16.3 Å². The van der Waals surface area contributed by atoms with E-state index in [0.29, 0.717) is 4.47 Å². The Balaban J connectivity index is 2.41. The molecule has 0 amide bonds. The first kappa shape index (κ1) is 9.43. The van der Waals surface area contributed by atoms with Gasteiger partial charge in [0.05, 0.1) is 7.11 Å². The number of nitrogens with zero attached hydrogens (tertiary/aromatic N) is 2. The smallest absolute Gasteiger partial charge is 0.207 e. The van der Waals surface area contributed by atoms with Crippen molar-refractivity contribution in [3.8, 4) is 16.3 Å². The van der Waals surface area contributed by atoms with Gasteiger partial charge in [-0.3, -0.25) is 0 Å². The van der Waals surface area contributed by atoms with Gasteiger partial charge in [0.2, 0.25) is 4.47 Å². The fourth-order valence-corrected chi connectivity index (χ4v) is 1.90. The Hall–Kier alpha value is -1.13. The zero-order chi connectivity index (χ0) is 9.97. The molecular weight excluding hydrogens is 220 g/mol. The number of hydrogen-bond acceptors (Lipinski definition) is 4. The summed E-state index contributed by atoms with van der Waals surface area (Å²) in [5.74, 6) is 0.800. The van der Waals surface area contributed by atoms with Crippen molar-refractivity contribution in [2.75, 3.05) is 7.11 Å². The van der Waals surface area contributed by atoms with Gasteiger partial charge in [-0.15, -0.1) is 10.2 Å². The van der Waals surface area contributed by atoms with Crippen LogP contribution in [0, 0.1) is 0 Å². The Kier molecular flexibility index (Phi) is 2.65. The topological polar surface area (TPSA) is 35.0 Å². The summed E-state index contributed by atoms with van der Waals surface area (Å²) in [7, 11) is 1.63. The predicted molar refractivity (Wildman–Crippen MR) is 56.9 cm³/mol. The third kappa shape index (κ3) is 1.86. The summed E-state index contributed by atoms with van der Waals surface area (Å²) in [5.41, 5.74) is 0.966. The Morgan fingerprint density at radius 2 is 2.21 bits per heavy atom. The van der Waals surface area contributed by atoms with E-state index in [4.69, 9.17) is 16.3 Å². The number of benzene rings is 1. The quantitative estimate of drug-likeness (QED) is 0.790. The van der Waals surface area contributed by atoms with Gasteiger partial charge in [0, 0.05) is 5.56 Å². The van der Waals surface area contributed by atoms with Gasteiger partial charge in [0.25, 0.3) is 0 Å². The van der Waals surface area contributed by atoms with Gasteiger partial charge in [-0.2, -0.15) is 0 Å². The monoisotopic (exact) mass is 226 g/mol. The van der Waals surface area contributed by atoms with Gasteiger partial charge >= 0.3 is 0 Å². The van der Waals surface area contributed by atoms with Crippen LogP contribution in [0.5, 0.6) is 5.75 Å². The zero-order valence-electron chi connectivity index (χ0n) is 7.40. The first-order valence-electron chi connectivity index (χ1n) is 3.93. The van der Waals surface area contributed by atoms with Gasteiger partial charge in [-0.05, 0) is 23.7 Å². The van der Waals surface area contributed by atoms with Gasteiger partial charge in [0.1, 0.15) is 10.8 Å². The average molecular weight is 227 g/mol. The van der Waals surface area contributed by atoms with Crippen LogP contribution >= 0.6 is 22.9 Å². The summed E-state index contributed by atoms with van der Waals surface area (Å²) in [5, 5.41) is 8.48. The highest BCUT2D eigenvalue weighted by Gasteiger charge is 2.05. The third-order valence-corrected chi connectivity index (χ3v) is 2.78. The molecule has 0 aliphatic heterocycles. The summed E-state index contributed by atoms with van der Waals surface area (Å²) in [4.78, 5) is 0. The highest BCUT2D eigenvalue weighted by atomic mass is 35.5. The number of rotatable bonds is 2. The minimum absolute atomic E-state index is 0.447. The second-order valence-corrected chi connectivity index (χ2v) is 4.15. The van der Waals surface area contributed by atoms with E-state index in [1.807, 2.05) is 24.3 Å². The Labute approximate surface area is 90.3 Å². The average Bonchev–Trinajstić information content (AvgIpc) is 2.65. The summed E-state index contributed by atoms with van der Waals surface area (Å²) in [6.45, 7) is 0. The van der Waals surface area contributed by atoms with Crippen molar-refractivity contribution in [3.05, 3.63) is 28.7 Å². The lowest BCUT2D eigenvalue weighted by Gasteiger charge is -2.00. The van der Waals surface area contributed by atoms with Crippen molar-refractivity contribution in [3.63, 3.8) is 0 Å². The predicted octanol–water partition coefficient (Wildman–Crippen LogP) is 2.87. The number of methoxy groups -OCH3 is 1. The maximum Gasteiger partial charge on any atom is 0.207 e. The second-order valence-electron chi connectivity index (χ2n) is 2.59. The lowest BCUT2D eigenvalue weighted by Crippen LogP contribution is -1.83. The molecule has 0 aliphatic rings. The minimum atomic E-state index is 0.447. The highest BCUT2D eigenvalue weighted by Crippen LogP contribution is 2.28. The van der Waals surface area contributed by atoms with Crippen molar-refractivity contribution in [2.24, 2.45) is 0 Å². The van der Waals surface area contributed by atoms with Crippen molar-refractivity contribution >= 4 is 22.9 Å². The molecule has 2 rings (SSSR count). The van der Waals surface area contributed by atoms with E-state index >= 15 is 0 Å². The third-order valence-electron chi connectivity index (χ3n) is 1.72. The number of ether oxygens (including phenoxy) is 1. The molecule has 0 radical (unpaired) electrons. The standard InChI is InChI=1S/C9H7ClN2OS/c1-13-7-4-2-3-6(5-7)8-11-12-9(10)14-8/h2-5H,1H3. The van der Waals surface area contributed by atoms with Crippen LogP contribution in [0.2, 0.25) is 4.47 Å². The van der Waals surface area contributed by atoms with E-state index in [2.05, 4.69) is 10.2 Å². The SMILES string of the molecule is COc1cccc(-c2nnc(Cl)s2)c1. The van der Waals surface area contributed by atoms with Crippen molar-refractivity contribution in [1.29, 1.82) is 0 Å². The molecule has 3 nitrogen and oxygen atoms in total. The summed E-state index contributed by atoms with van der Waals surface area (Å²) >= 11 is 7.05. The molecular formula is C9H7ClN2OS. The molecule has 0 atom stereocenters. The molecule has 1 aromatic heterocycles. The van der Waals surface area contributed by atoms with Crippen LogP contribution in [0.4, 0.5) is 0 Å². The molecule has 72 valence electrons. The van der Waals surface area contributed by atoms with Crippen LogP contribution in [0.1, 0.15) is 0 Å². The first-order chi connectivity index (χ1) is 6.79. The summed E-state index contributed by atoms with van der Waals surface area (Å²) in [6, 6.07) is 7.63. The molecule has 0 saturated heterocycles. The van der Waals surface area contributed by atoms with E-state index in [1.165, 1.54) is 11.3 Å². The normalized spacial score (nSPS) is 10.1. The second kappa shape index (κ2) is 3.94. The molecule has 1 aromatic carbocycles. The molecule has 0 aliphatic carbocycles. The molecule has 0 fully saturated rings. The number of halogens is 1. The van der Waals surface area contributed by atoms with Gasteiger partial charge < -0.3 is 4.74 Å². The summed E-state index contributed by atoms with van der Waals surface area (Å²) < 4.78 is 5.55. The van der Waals surface area contributed by atoms with Gasteiger partial charge in [-0.25, -0.2) is 0 Å². The molecule has 2 aromatic rings. The molecule has 0 saturated carbocycles. The molecule has 0 unspecified atom stereocenters. The maximum absolute atomic E-state index is 5.70. The van der Waals surface area contributed by atoms with Crippen molar-refractivity contribution in [1.82, 2.24) is 10.2 Å². The van der Waals surface area contributed by atoms with E-state index in [1.54, 1.807) is 7.11 Å². The fraction of sp³-hybridized carbons (Fsp3) is 0.111. The Morgan fingerprint density at radius 1 is 1.36 bits per heavy atom. The van der Waals surface area contributed by atoms with E-state index in [9.17, 15) is 0 Å². The minimum Gasteiger partial charge on any atom is -0.497 e. The van der Waals surface area contributed by atoms with Crippen LogP contribution in [0.15, 0.2) is 24.3 Å². The fourth-order valence-electron chi connectivity index (χ4n) is 1.08. The molecule has 5 heteroatoms. The van der Waals surface area contributed by atoms with Crippen LogP contribution in [-0.2, 0) is 0 Å². The molecule has 0 N–H and O–H groups in total. The molecule has 14 heavy (non-hydrogen) atoms. The highest BCUT2D eigenvalue weighted by molar-refractivity contribution is 7.18. The molecule has 0 spiro atoms. The molecule has 1 heterocycles. The van der Waals surface area contributed by atoms with Crippen molar-refractivity contribution in [2.45, 2.75) is 0 Å². The lowest BCUT2D eigenvalue weighted by molar-refractivity contribution is 0.415. The van der Waals surface area contributed by atoms with Gasteiger partial charge in [0.15, 0.2) is 0 Å². The Bertz CT molecular complexity index is 444. The van der Waals surface area contributed by atoms with Crippen LogP contribution in [-0.4, -0.2) is 17.3 Å². The number of aromatic nitrogens is 2. The zero-order valence-corrected chi connectivity index (χ0v) is 8.97. The summed E-state index contributed by atoms with van der Waals surface area (Å²) in [6.07, 6.45) is 0. The lowest BCUT2D eigenvalue weighted by atomic mass is 10.2. The van der Waals surface area contributed by atoms with Crippen LogP contribution < -0.4 is 4.74 Å². The van der Waals surface area contributed by atoms with E-state index in [-0.39, 0.29) is 0 Å². The maximum atomic E-state index is 5.70. The van der Waals surface area contributed by atoms with E-state index < -0.39 is 0 Å². The van der Waals surface area contributed by atoms with Gasteiger partial charge in [-0.1, -0.05) is 23.5 Å².